The number of aryl methyl sites for hydroxylation is 2. The van der Waals surface area contributed by atoms with Gasteiger partial charge in [0.05, 0.1) is 6.61 Å². The molecule has 0 bridgehead atoms. The maximum absolute atomic E-state index is 12.5. The summed E-state index contributed by atoms with van der Waals surface area (Å²) >= 11 is 0. The van der Waals surface area contributed by atoms with Crippen LogP contribution in [0.1, 0.15) is 30.4 Å². The van der Waals surface area contributed by atoms with Crippen LogP contribution in [0.4, 0.5) is 0 Å². The lowest BCUT2D eigenvalue weighted by Crippen LogP contribution is -2.44. The van der Waals surface area contributed by atoms with Crippen LogP contribution in [0.3, 0.4) is 0 Å². The van der Waals surface area contributed by atoms with E-state index in [2.05, 4.69) is 0 Å². The summed E-state index contributed by atoms with van der Waals surface area (Å²) in [6, 6.07) is 17.8. The average Bonchev–Trinajstić information content (AvgIpc) is 2.72. The van der Waals surface area contributed by atoms with Gasteiger partial charge in [0.25, 0.3) is 5.91 Å². The summed E-state index contributed by atoms with van der Waals surface area (Å²) in [5, 5.41) is 0. The minimum atomic E-state index is -0.342. The SMILES string of the molecule is Cc1ccc(OC[C@@H]2CCCN(C(=O)C(=O)CCc3ccccc3)C2)cc1. The standard InChI is InChI=1S/C23H27NO3/c1-18-9-12-21(13-10-18)27-17-20-8-5-15-24(16-20)23(26)22(25)14-11-19-6-3-2-4-7-19/h2-4,6-7,9-10,12-13,20H,5,8,11,14-17H2,1H3/t20-/m1/s1. The molecule has 1 fully saturated rings. The number of Topliss-reactive ketones (excluding diaryl/α,β-unsaturated/α-hetero) is 1. The van der Waals surface area contributed by atoms with Crippen LogP contribution < -0.4 is 4.74 Å². The van der Waals surface area contributed by atoms with Crippen molar-refractivity contribution in [3.05, 3.63) is 65.7 Å². The Morgan fingerprint density at radius 3 is 2.56 bits per heavy atom. The number of amides is 1. The smallest absolute Gasteiger partial charge is 0.289 e. The monoisotopic (exact) mass is 365 g/mol. The highest BCUT2D eigenvalue weighted by Crippen LogP contribution is 2.20. The number of carbonyl (C=O) groups is 2. The Bertz CT molecular complexity index is 755. The third-order valence-electron chi connectivity index (χ3n) is 5.03. The molecule has 0 spiro atoms. The zero-order valence-electron chi connectivity index (χ0n) is 15.9. The van der Waals surface area contributed by atoms with E-state index in [9.17, 15) is 9.59 Å². The summed E-state index contributed by atoms with van der Waals surface area (Å²) < 4.78 is 5.87. The first-order valence-corrected chi connectivity index (χ1v) is 9.67. The molecular formula is C23H27NO3. The van der Waals surface area contributed by atoms with Gasteiger partial charge in [0.2, 0.25) is 5.78 Å². The third-order valence-corrected chi connectivity index (χ3v) is 5.03. The quantitative estimate of drug-likeness (QED) is 0.701. The molecule has 4 heteroatoms. The zero-order valence-corrected chi connectivity index (χ0v) is 15.9. The molecule has 0 aromatic heterocycles. The number of likely N-dealkylation sites (tertiary alicyclic amines) is 1. The second kappa shape index (κ2) is 9.36. The number of hydrogen-bond acceptors (Lipinski definition) is 3. The van der Waals surface area contributed by atoms with E-state index in [1.165, 1.54) is 5.56 Å². The second-order valence-corrected chi connectivity index (χ2v) is 7.29. The van der Waals surface area contributed by atoms with Gasteiger partial charge in [-0.1, -0.05) is 48.0 Å². The molecule has 0 aliphatic carbocycles. The van der Waals surface area contributed by atoms with Crippen molar-refractivity contribution in [2.45, 2.75) is 32.6 Å². The van der Waals surface area contributed by atoms with Crippen LogP contribution in [-0.2, 0) is 16.0 Å². The molecule has 1 saturated heterocycles. The molecule has 1 heterocycles. The Labute approximate surface area is 161 Å². The van der Waals surface area contributed by atoms with Crippen LogP contribution in [0.5, 0.6) is 5.75 Å². The van der Waals surface area contributed by atoms with Gasteiger partial charge in [-0.15, -0.1) is 0 Å². The summed E-state index contributed by atoms with van der Waals surface area (Å²) in [7, 11) is 0. The molecule has 142 valence electrons. The van der Waals surface area contributed by atoms with Crippen LogP contribution in [0.15, 0.2) is 54.6 Å². The molecule has 2 aromatic carbocycles. The van der Waals surface area contributed by atoms with Crippen LogP contribution in [0.25, 0.3) is 0 Å². The molecule has 0 radical (unpaired) electrons. The highest BCUT2D eigenvalue weighted by atomic mass is 16.5. The van der Waals surface area contributed by atoms with Crippen LogP contribution in [-0.4, -0.2) is 36.3 Å². The Morgan fingerprint density at radius 2 is 1.81 bits per heavy atom. The maximum Gasteiger partial charge on any atom is 0.289 e. The van der Waals surface area contributed by atoms with Gasteiger partial charge in [-0.3, -0.25) is 9.59 Å². The lowest BCUT2D eigenvalue weighted by atomic mass is 9.98. The highest BCUT2D eigenvalue weighted by molar-refractivity contribution is 6.36. The van der Waals surface area contributed by atoms with Crippen molar-refractivity contribution in [1.82, 2.24) is 4.90 Å². The minimum absolute atomic E-state index is 0.268. The molecule has 1 aliphatic rings. The van der Waals surface area contributed by atoms with Gasteiger partial charge >= 0.3 is 0 Å². The molecule has 1 amide bonds. The molecule has 1 atom stereocenters. The van der Waals surface area contributed by atoms with Crippen LogP contribution in [0, 0.1) is 12.8 Å². The number of hydrogen-bond donors (Lipinski definition) is 0. The van der Waals surface area contributed by atoms with Crippen molar-refractivity contribution >= 4 is 11.7 Å². The Kier molecular flexibility index (Phi) is 6.64. The van der Waals surface area contributed by atoms with Gasteiger partial charge in [0.15, 0.2) is 0 Å². The van der Waals surface area contributed by atoms with E-state index in [0.29, 0.717) is 26.1 Å². The first-order chi connectivity index (χ1) is 13.1. The molecule has 2 aromatic rings. The number of rotatable bonds is 7. The van der Waals surface area contributed by atoms with Gasteiger partial charge in [-0.2, -0.15) is 0 Å². The Balaban J connectivity index is 1.46. The van der Waals surface area contributed by atoms with E-state index < -0.39 is 0 Å². The number of benzene rings is 2. The summed E-state index contributed by atoms with van der Waals surface area (Å²) in [5.41, 5.74) is 2.28. The van der Waals surface area contributed by atoms with Crippen LogP contribution in [0.2, 0.25) is 0 Å². The van der Waals surface area contributed by atoms with E-state index in [0.717, 1.165) is 24.2 Å². The van der Waals surface area contributed by atoms with Crippen molar-refractivity contribution in [3.8, 4) is 5.75 Å². The molecule has 0 N–H and O–H groups in total. The van der Waals surface area contributed by atoms with Gasteiger partial charge in [0, 0.05) is 25.4 Å². The van der Waals surface area contributed by atoms with Crippen molar-refractivity contribution in [1.29, 1.82) is 0 Å². The Hall–Kier alpha value is -2.62. The van der Waals surface area contributed by atoms with E-state index in [1.807, 2.05) is 61.5 Å². The maximum atomic E-state index is 12.5. The third kappa shape index (κ3) is 5.68. The average molecular weight is 365 g/mol. The van der Waals surface area contributed by atoms with Gasteiger partial charge < -0.3 is 9.64 Å². The fourth-order valence-electron chi connectivity index (χ4n) is 3.42. The molecule has 4 nitrogen and oxygen atoms in total. The van der Waals surface area contributed by atoms with E-state index >= 15 is 0 Å². The predicted molar refractivity (Wildman–Crippen MR) is 106 cm³/mol. The van der Waals surface area contributed by atoms with Crippen molar-refractivity contribution in [3.63, 3.8) is 0 Å². The van der Waals surface area contributed by atoms with Gasteiger partial charge in [-0.05, 0) is 43.9 Å². The fraction of sp³-hybridized carbons (Fsp3) is 0.391. The topological polar surface area (TPSA) is 46.6 Å². The molecular weight excluding hydrogens is 338 g/mol. The summed E-state index contributed by atoms with van der Waals surface area (Å²) in [5.74, 6) is 0.485. The lowest BCUT2D eigenvalue weighted by Gasteiger charge is -2.32. The lowest BCUT2D eigenvalue weighted by molar-refractivity contribution is -0.146. The number of carbonyl (C=O) groups excluding carboxylic acids is 2. The molecule has 27 heavy (non-hydrogen) atoms. The van der Waals surface area contributed by atoms with Crippen LogP contribution >= 0.6 is 0 Å². The molecule has 0 unspecified atom stereocenters. The largest absolute Gasteiger partial charge is 0.493 e. The zero-order chi connectivity index (χ0) is 19.1. The number of piperidine rings is 1. The van der Waals surface area contributed by atoms with Crippen molar-refractivity contribution in [2.75, 3.05) is 19.7 Å². The predicted octanol–water partition coefficient (Wildman–Crippen LogP) is 3.81. The summed E-state index contributed by atoms with van der Waals surface area (Å²) in [4.78, 5) is 26.5. The molecule has 3 rings (SSSR count). The molecule has 1 aliphatic heterocycles. The first-order valence-electron chi connectivity index (χ1n) is 9.67. The van der Waals surface area contributed by atoms with E-state index in [4.69, 9.17) is 4.74 Å². The van der Waals surface area contributed by atoms with Gasteiger partial charge in [0.1, 0.15) is 5.75 Å². The van der Waals surface area contributed by atoms with Crippen molar-refractivity contribution < 1.29 is 14.3 Å². The minimum Gasteiger partial charge on any atom is -0.493 e. The van der Waals surface area contributed by atoms with Gasteiger partial charge in [-0.25, -0.2) is 0 Å². The van der Waals surface area contributed by atoms with Crippen molar-refractivity contribution in [2.24, 2.45) is 5.92 Å². The second-order valence-electron chi connectivity index (χ2n) is 7.29. The molecule has 0 saturated carbocycles. The van der Waals surface area contributed by atoms with E-state index in [-0.39, 0.29) is 24.0 Å². The number of ketones is 1. The number of ether oxygens (including phenoxy) is 1. The first kappa shape index (κ1) is 19.2. The number of nitrogens with zero attached hydrogens (tertiary/aromatic N) is 1. The normalized spacial score (nSPS) is 16.8. The van der Waals surface area contributed by atoms with E-state index in [1.54, 1.807) is 4.90 Å². The summed E-state index contributed by atoms with van der Waals surface area (Å²) in [6.07, 6.45) is 2.82. The summed E-state index contributed by atoms with van der Waals surface area (Å²) in [6.45, 7) is 3.88. The highest BCUT2D eigenvalue weighted by Gasteiger charge is 2.27. The fourth-order valence-corrected chi connectivity index (χ4v) is 3.42. The Morgan fingerprint density at radius 1 is 1.07 bits per heavy atom.